The number of anilines is 1. The predicted octanol–water partition coefficient (Wildman–Crippen LogP) is 6.92. The summed E-state index contributed by atoms with van der Waals surface area (Å²) in [4.78, 5) is 29.5. The summed E-state index contributed by atoms with van der Waals surface area (Å²) < 4.78 is 6.55. The molecule has 1 saturated carbocycles. The van der Waals surface area contributed by atoms with E-state index in [0.717, 1.165) is 78.0 Å². The average molecular weight is 523 g/mol. The predicted molar refractivity (Wildman–Crippen MR) is 147 cm³/mol. The van der Waals surface area contributed by atoms with Crippen LogP contribution in [0, 0.1) is 6.92 Å². The van der Waals surface area contributed by atoms with Crippen molar-refractivity contribution in [3.05, 3.63) is 51.3 Å². The third kappa shape index (κ3) is 4.13. The van der Waals surface area contributed by atoms with Gasteiger partial charge in [-0.3, -0.25) is 9.69 Å². The zero-order chi connectivity index (χ0) is 24.1. The quantitative estimate of drug-likeness (QED) is 0.348. The van der Waals surface area contributed by atoms with Gasteiger partial charge in [0.15, 0.2) is 5.17 Å². The second-order valence-corrected chi connectivity index (χ2v) is 12.2. The number of hydrogen-bond donors (Lipinski definition) is 0. The number of aryl methyl sites for hydroxylation is 1. The molecule has 0 bridgehead atoms. The number of ether oxygens (including phenoxy) is 1. The fourth-order valence-electron chi connectivity index (χ4n) is 4.92. The molecule has 0 N–H and O–H groups in total. The molecular formula is C26H26N4O2S3. The van der Waals surface area contributed by atoms with Crippen LogP contribution >= 0.6 is 34.9 Å². The number of thioether (sulfide) groups is 2. The van der Waals surface area contributed by atoms with E-state index in [9.17, 15) is 4.79 Å². The maximum absolute atomic E-state index is 13.9. The van der Waals surface area contributed by atoms with Crippen LogP contribution in [0.2, 0.25) is 0 Å². The summed E-state index contributed by atoms with van der Waals surface area (Å²) in [5.41, 5.74) is 2.92. The highest BCUT2D eigenvalue weighted by molar-refractivity contribution is 8.19. The second-order valence-electron chi connectivity index (χ2n) is 8.98. The number of benzene rings is 2. The molecule has 6 rings (SSSR count). The van der Waals surface area contributed by atoms with Gasteiger partial charge in [-0.2, -0.15) is 0 Å². The minimum atomic E-state index is 0.0736. The lowest BCUT2D eigenvalue weighted by atomic mass is 9.94. The molecule has 0 unspecified atom stereocenters. The van der Waals surface area contributed by atoms with Crippen LogP contribution in [0.15, 0.2) is 56.2 Å². The lowest BCUT2D eigenvalue weighted by molar-refractivity contribution is -0.124. The molecule has 3 aromatic rings. The van der Waals surface area contributed by atoms with Crippen LogP contribution in [-0.2, 0) is 4.79 Å². The van der Waals surface area contributed by atoms with Gasteiger partial charge >= 0.3 is 0 Å². The molecule has 6 nitrogen and oxygen atoms in total. The van der Waals surface area contributed by atoms with E-state index in [-0.39, 0.29) is 11.9 Å². The standard InChI is InChI=1S/C26H26N4O2S3/c1-15-27-19-11-9-16(13-22(19)33-15)28-26-30(17-7-5-4-6-8-17)24(31)23(35-26)25-29(2)20-14-18(32-3)10-12-21(20)34-25/h9-14,17H,4-8H2,1-3H3/b25-23-,28-26?. The highest BCUT2D eigenvalue weighted by Crippen LogP contribution is 2.51. The van der Waals surface area contributed by atoms with Gasteiger partial charge in [-0.1, -0.05) is 31.0 Å². The average Bonchev–Trinajstić information content (AvgIpc) is 3.51. The number of carbonyl (C=O) groups is 1. The van der Waals surface area contributed by atoms with Crippen LogP contribution in [0.25, 0.3) is 10.2 Å². The number of hydrogen-bond acceptors (Lipinski definition) is 8. The minimum absolute atomic E-state index is 0.0736. The molecule has 180 valence electrons. The normalized spacial score (nSPS) is 22.0. The maximum Gasteiger partial charge on any atom is 0.269 e. The number of rotatable bonds is 3. The first kappa shape index (κ1) is 22.9. The number of aromatic nitrogens is 1. The molecule has 0 radical (unpaired) electrons. The van der Waals surface area contributed by atoms with Gasteiger partial charge in [0.25, 0.3) is 5.91 Å². The van der Waals surface area contributed by atoms with Gasteiger partial charge in [-0.05, 0) is 61.9 Å². The molecule has 1 saturated heterocycles. The van der Waals surface area contributed by atoms with Crippen molar-refractivity contribution < 1.29 is 9.53 Å². The fourth-order valence-corrected chi connectivity index (χ4v) is 8.16. The summed E-state index contributed by atoms with van der Waals surface area (Å²) in [7, 11) is 3.70. The molecule has 2 aromatic carbocycles. The van der Waals surface area contributed by atoms with E-state index in [1.54, 1.807) is 30.2 Å². The summed E-state index contributed by atoms with van der Waals surface area (Å²) in [5, 5.41) is 2.79. The Labute approximate surface area is 217 Å². The van der Waals surface area contributed by atoms with Crippen molar-refractivity contribution in [2.75, 3.05) is 19.1 Å². The van der Waals surface area contributed by atoms with Gasteiger partial charge in [0.2, 0.25) is 0 Å². The fraction of sp³-hybridized carbons (Fsp3) is 0.346. The first-order valence-corrected chi connectivity index (χ1v) is 14.3. The van der Waals surface area contributed by atoms with Gasteiger partial charge in [0.1, 0.15) is 10.7 Å². The molecule has 1 amide bonds. The first-order chi connectivity index (χ1) is 17.0. The van der Waals surface area contributed by atoms with E-state index in [1.807, 2.05) is 43.1 Å². The number of amidine groups is 1. The van der Waals surface area contributed by atoms with Crippen LogP contribution < -0.4 is 9.64 Å². The molecule has 2 fully saturated rings. The SMILES string of the molecule is COc1ccc2c(c1)N(C)/C(=C1/SC(=Nc3ccc4nc(C)sc4c3)N(C3CCCCC3)C1=O)S2. The summed E-state index contributed by atoms with van der Waals surface area (Å²) in [6.45, 7) is 2.02. The largest absolute Gasteiger partial charge is 0.497 e. The summed E-state index contributed by atoms with van der Waals surface area (Å²) in [5.74, 6) is 0.886. The molecule has 1 aromatic heterocycles. The summed E-state index contributed by atoms with van der Waals surface area (Å²) in [6, 6.07) is 12.4. The van der Waals surface area contributed by atoms with Crippen LogP contribution in [0.1, 0.15) is 37.1 Å². The van der Waals surface area contributed by atoms with Crippen LogP contribution in [0.4, 0.5) is 11.4 Å². The van der Waals surface area contributed by atoms with Crippen LogP contribution in [-0.4, -0.2) is 41.2 Å². The zero-order valence-corrected chi connectivity index (χ0v) is 22.4. The highest BCUT2D eigenvalue weighted by Gasteiger charge is 2.42. The highest BCUT2D eigenvalue weighted by atomic mass is 32.2. The topological polar surface area (TPSA) is 58.0 Å². The molecule has 0 spiro atoms. The number of thiazole rings is 1. The van der Waals surface area contributed by atoms with Crippen molar-refractivity contribution >= 4 is 67.5 Å². The van der Waals surface area contributed by atoms with Crippen molar-refractivity contribution in [2.24, 2.45) is 4.99 Å². The Hall–Kier alpha value is -2.49. The molecule has 3 aliphatic rings. The van der Waals surface area contributed by atoms with E-state index < -0.39 is 0 Å². The van der Waals surface area contributed by atoms with E-state index in [2.05, 4.69) is 22.0 Å². The molecule has 0 atom stereocenters. The Morgan fingerprint density at radius 2 is 1.91 bits per heavy atom. The monoisotopic (exact) mass is 522 g/mol. The number of nitrogens with zero attached hydrogens (tertiary/aromatic N) is 4. The smallest absolute Gasteiger partial charge is 0.269 e. The van der Waals surface area contributed by atoms with E-state index >= 15 is 0 Å². The molecule has 2 aliphatic heterocycles. The molecular weight excluding hydrogens is 497 g/mol. The molecule has 9 heteroatoms. The third-order valence-electron chi connectivity index (χ3n) is 6.69. The molecule has 1 aliphatic carbocycles. The molecule has 35 heavy (non-hydrogen) atoms. The van der Waals surface area contributed by atoms with Crippen LogP contribution in [0.5, 0.6) is 5.75 Å². The molecule has 3 heterocycles. The minimum Gasteiger partial charge on any atom is -0.497 e. The third-order valence-corrected chi connectivity index (χ3v) is 10.0. The van der Waals surface area contributed by atoms with Crippen molar-refractivity contribution in [3.8, 4) is 5.75 Å². The van der Waals surface area contributed by atoms with Crippen molar-refractivity contribution in [2.45, 2.75) is 50.0 Å². The van der Waals surface area contributed by atoms with Crippen molar-refractivity contribution in [3.63, 3.8) is 0 Å². The zero-order valence-electron chi connectivity index (χ0n) is 19.9. The van der Waals surface area contributed by atoms with Gasteiger partial charge < -0.3 is 9.64 Å². The Morgan fingerprint density at radius 1 is 1.09 bits per heavy atom. The van der Waals surface area contributed by atoms with E-state index in [1.165, 1.54) is 18.2 Å². The van der Waals surface area contributed by atoms with Gasteiger partial charge in [-0.15, -0.1) is 11.3 Å². The first-order valence-electron chi connectivity index (χ1n) is 11.8. The Kier molecular flexibility index (Phi) is 6.02. The maximum atomic E-state index is 13.9. The van der Waals surface area contributed by atoms with E-state index in [4.69, 9.17) is 9.73 Å². The van der Waals surface area contributed by atoms with Crippen molar-refractivity contribution in [1.29, 1.82) is 0 Å². The number of fused-ring (bicyclic) bond motifs is 2. The van der Waals surface area contributed by atoms with Gasteiger partial charge in [0, 0.05) is 24.1 Å². The lowest BCUT2D eigenvalue weighted by Crippen LogP contribution is -2.40. The van der Waals surface area contributed by atoms with Gasteiger partial charge in [-0.25, -0.2) is 9.98 Å². The Balaban J connectivity index is 1.41. The summed E-state index contributed by atoms with van der Waals surface area (Å²) >= 11 is 4.83. The number of amides is 1. The Morgan fingerprint density at radius 3 is 2.71 bits per heavy atom. The van der Waals surface area contributed by atoms with E-state index in [0.29, 0.717) is 0 Å². The number of carbonyl (C=O) groups excluding carboxylic acids is 1. The number of methoxy groups -OCH3 is 1. The Bertz CT molecular complexity index is 1390. The second kappa shape index (κ2) is 9.19. The van der Waals surface area contributed by atoms with Crippen molar-refractivity contribution in [1.82, 2.24) is 9.88 Å². The van der Waals surface area contributed by atoms with Crippen LogP contribution in [0.3, 0.4) is 0 Å². The number of aliphatic imine (C=N–C) groups is 1. The summed E-state index contributed by atoms with van der Waals surface area (Å²) in [6.07, 6.45) is 5.61. The lowest BCUT2D eigenvalue weighted by Gasteiger charge is -2.30. The van der Waals surface area contributed by atoms with Gasteiger partial charge in [0.05, 0.1) is 38.7 Å².